The highest BCUT2D eigenvalue weighted by Gasteiger charge is 2.15. The summed E-state index contributed by atoms with van der Waals surface area (Å²) in [6, 6.07) is 14.4. The van der Waals surface area contributed by atoms with Gasteiger partial charge in [-0.3, -0.25) is 30.6 Å². The molecule has 2 rings (SSSR count). The average molecular weight is 343 g/mol. The van der Waals surface area contributed by atoms with Gasteiger partial charge in [0.1, 0.15) is 5.75 Å². The van der Waals surface area contributed by atoms with Gasteiger partial charge < -0.3 is 4.74 Å². The number of carbonyl (C=O) groups is 2. The highest BCUT2D eigenvalue weighted by molar-refractivity contribution is 5.85. The molecule has 2 N–H and O–H groups in total. The topological polar surface area (TPSA) is 111 Å². The minimum atomic E-state index is -0.790. The molecule has 2 aromatic carbocycles. The number of nitro groups is 1. The van der Waals surface area contributed by atoms with E-state index < -0.39 is 22.8 Å². The molecule has 8 heteroatoms. The van der Waals surface area contributed by atoms with E-state index in [1.165, 1.54) is 24.3 Å². The fourth-order valence-electron chi connectivity index (χ4n) is 1.95. The molecular formula is C17H17N3O5. The lowest BCUT2D eigenvalue weighted by Crippen LogP contribution is -2.47. The zero-order valence-corrected chi connectivity index (χ0v) is 13.5. The second kappa shape index (κ2) is 8.44. The number of nitrogens with zero attached hydrogens (tertiary/aromatic N) is 1. The van der Waals surface area contributed by atoms with Crippen molar-refractivity contribution in [3.63, 3.8) is 0 Å². The number of amides is 2. The first-order chi connectivity index (χ1) is 12.0. The van der Waals surface area contributed by atoms with E-state index in [-0.39, 0.29) is 12.1 Å². The molecule has 0 heterocycles. The Labute approximate surface area is 143 Å². The Bertz CT molecular complexity index is 747. The van der Waals surface area contributed by atoms with E-state index in [9.17, 15) is 19.7 Å². The van der Waals surface area contributed by atoms with Crippen LogP contribution in [0.2, 0.25) is 0 Å². The maximum Gasteiger partial charge on any atom is 0.279 e. The van der Waals surface area contributed by atoms with Crippen molar-refractivity contribution >= 4 is 17.5 Å². The molecule has 8 nitrogen and oxygen atoms in total. The molecule has 2 aromatic rings. The minimum Gasteiger partial charge on any atom is -0.481 e. The summed E-state index contributed by atoms with van der Waals surface area (Å²) in [7, 11) is 0. The lowest BCUT2D eigenvalue weighted by molar-refractivity contribution is -0.384. The number of nitrogens with one attached hydrogen (secondary N) is 2. The molecule has 0 bridgehead atoms. The van der Waals surface area contributed by atoms with Crippen molar-refractivity contribution in [2.45, 2.75) is 19.4 Å². The maximum absolute atomic E-state index is 11.9. The highest BCUT2D eigenvalue weighted by Crippen LogP contribution is 2.12. The Balaban J connectivity index is 1.78. The van der Waals surface area contributed by atoms with Gasteiger partial charge in [-0.25, -0.2) is 0 Å². The second-order valence-corrected chi connectivity index (χ2v) is 5.21. The van der Waals surface area contributed by atoms with Crippen molar-refractivity contribution in [1.29, 1.82) is 0 Å². The number of hydrogen-bond donors (Lipinski definition) is 2. The molecule has 0 fully saturated rings. The molecule has 0 saturated carbocycles. The molecule has 0 aliphatic heterocycles. The Morgan fingerprint density at radius 1 is 1.08 bits per heavy atom. The van der Waals surface area contributed by atoms with Crippen LogP contribution in [0.3, 0.4) is 0 Å². The van der Waals surface area contributed by atoms with Crippen molar-refractivity contribution in [3.05, 3.63) is 70.3 Å². The van der Waals surface area contributed by atoms with E-state index in [2.05, 4.69) is 10.9 Å². The molecule has 0 aliphatic rings. The standard InChI is InChI=1S/C17H17N3O5/c1-12(25-15-5-3-2-4-6-15)17(22)19-18-16(21)11-13-7-9-14(10-8-13)20(23)24/h2-10,12H,11H2,1H3,(H,18,21)(H,19,22)/t12-/m1/s1. The Morgan fingerprint density at radius 2 is 1.72 bits per heavy atom. The number of rotatable bonds is 6. The quantitative estimate of drug-likeness (QED) is 0.613. The molecule has 0 aromatic heterocycles. The number of para-hydroxylation sites is 1. The maximum atomic E-state index is 11.9. The molecule has 130 valence electrons. The van der Waals surface area contributed by atoms with Crippen LogP contribution in [0.5, 0.6) is 5.75 Å². The molecular weight excluding hydrogens is 326 g/mol. The Hall–Kier alpha value is -3.42. The normalized spacial score (nSPS) is 11.2. The molecule has 25 heavy (non-hydrogen) atoms. The molecule has 2 amide bonds. The van der Waals surface area contributed by atoms with E-state index in [0.29, 0.717) is 11.3 Å². The molecule has 0 spiro atoms. The van der Waals surface area contributed by atoms with Gasteiger partial charge in [0.2, 0.25) is 5.91 Å². The summed E-state index contributed by atoms with van der Waals surface area (Å²) in [6.45, 7) is 1.56. The molecule has 0 saturated heterocycles. The van der Waals surface area contributed by atoms with Crippen molar-refractivity contribution in [1.82, 2.24) is 10.9 Å². The number of benzene rings is 2. The lowest BCUT2D eigenvalue weighted by Gasteiger charge is -2.15. The van der Waals surface area contributed by atoms with Gasteiger partial charge in [-0.1, -0.05) is 30.3 Å². The van der Waals surface area contributed by atoms with E-state index >= 15 is 0 Å². The third-order valence-electron chi connectivity index (χ3n) is 3.26. The SMILES string of the molecule is C[C@@H](Oc1ccccc1)C(=O)NNC(=O)Cc1ccc([N+](=O)[O-])cc1. The lowest BCUT2D eigenvalue weighted by atomic mass is 10.1. The first kappa shape index (κ1) is 17.9. The molecule has 0 unspecified atom stereocenters. The minimum absolute atomic E-state index is 0.0216. The fourth-order valence-corrected chi connectivity index (χ4v) is 1.95. The Kier molecular flexibility index (Phi) is 6.05. The fraction of sp³-hybridized carbons (Fsp3) is 0.176. The van der Waals surface area contributed by atoms with Crippen LogP contribution in [0.15, 0.2) is 54.6 Å². The van der Waals surface area contributed by atoms with Gasteiger partial charge >= 0.3 is 0 Å². The van der Waals surface area contributed by atoms with Crippen LogP contribution in [0.1, 0.15) is 12.5 Å². The largest absolute Gasteiger partial charge is 0.481 e. The first-order valence-corrected chi connectivity index (χ1v) is 7.49. The van der Waals surface area contributed by atoms with Gasteiger partial charge in [0, 0.05) is 12.1 Å². The number of nitro benzene ring substituents is 1. The van der Waals surface area contributed by atoms with E-state index in [0.717, 1.165) is 0 Å². The smallest absolute Gasteiger partial charge is 0.279 e. The highest BCUT2D eigenvalue weighted by atomic mass is 16.6. The van der Waals surface area contributed by atoms with Crippen LogP contribution >= 0.6 is 0 Å². The predicted octanol–water partition coefficient (Wildman–Crippen LogP) is 1.75. The van der Waals surface area contributed by atoms with E-state index in [1.54, 1.807) is 31.2 Å². The van der Waals surface area contributed by atoms with Crippen LogP contribution in [-0.4, -0.2) is 22.8 Å². The Morgan fingerprint density at radius 3 is 2.32 bits per heavy atom. The summed E-state index contributed by atoms with van der Waals surface area (Å²) in [5, 5.41) is 10.6. The van der Waals surface area contributed by atoms with Crippen molar-refractivity contribution in [3.8, 4) is 5.75 Å². The summed E-state index contributed by atoms with van der Waals surface area (Å²) < 4.78 is 5.44. The summed E-state index contributed by atoms with van der Waals surface area (Å²) in [5.74, 6) is -0.405. The van der Waals surface area contributed by atoms with Crippen molar-refractivity contribution in [2.75, 3.05) is 0 Å². The second-order valence-electron chi connectivity index (χ2n) is 5.21. The van der Waals surface area contributed by atoms with Gasteiger partial charge in [-0.2, -0.15) is 0 Å². The van der Waals surface area contributed by atoms with E-state index in [4.69, 9.17) is 4.74 Å². The van der Waals surface area contributed by atoms with E-state index in [1.807, 2.05) is 6.07 Å². The molecule has 0 radical (unpaired) electrons. The summed E-state index contributed by atoms with van der Waals surface area (Å²) in [6.07, 6.45) is -0.811. The van der Waals surface area contributed by atoms with Crippen molar-refractivity contribution < 1.29 is 19.2 Å². The summed E-state index contributed by atoms with van der Waals surface area (Å²) in [5.41, 5.74) is 5.10. The number of hydrazine groups is 1. The zero-order chi connectivity index (χ0) is 18.2. The number of carbonyl (C=O) groups excluding carboxylic acids is 2. The zero-order valence-electron chi connectivity index (χ0n) is 13.5. The number of non-ortho nitro benzene ring substituents is 1. The third-order valence-corrected chi connectivity index (χ3v) is 3.26. The van der Waals surface area contributed by atoms with Crippen LogP contribution < -0.4 is 15.6 Å². The monoisotopic (exact) mass is 343 g/mol. The van der Waals surface area contributed by atoms with Gasteiger partial charge in [0.15, 0.2) is 6.10 Å². The van der Waals surface area contributed by atoms with Gasteiger partial charge in [-0.05, 0) is 24.6 Å². The summed E-state index contributed by atoms with van der Waals surface area (Å²) in [4.78, 5) is 33.8. The molecule has 0 aliphatic carbocycles. The van der Waals surface area contributed by atoms with Crippen LogP contribution in [0, 0.1) is 10.1 Å². The predicted molar refractivity (Wildman–Crippen MR) is 89.6 cm³/mol. The number of ether oxygens (including phenoxy) is 1. The van der Waals surface area contributed by atoms with Crippen molar-refractivity contribution in [2.24, 2.45) is 0 Å². The van der Waals surface area contributed by atoms with Gasteiger partial charge in [0.05, 0.1) is 11.3 Å². The molecule has 1 atom stereocenters. The third kappa shape index (κ3) is 5.61. The van der Waals surface area contributed by atoms with Gasteiger partial charge in [0.25, 0.3) is 11.6 Å². The van der Waals surface area contributed by atoms with Gasteiger partial charge in [-0.15, -0.1) is 0 Å². The van der Waals surface area contributed by atoms with Crippen LogP contribution in [-0.2, 0) is 16.0 Å². The van der Waals surface area contributed by atoms with Crippen LogP contribution in [0.25, 0.3) is 0 Å². The first-order valence-electron chi connectivity index (χ1n) is 7.49. The van der Waals surface area contributed by atoms with Crippen LogP contribution in [0.4, 0.5) is 5.69 Å². The summed E-state index contributed by atoms with van der Waals surface area (Å²) >= 11 is 0. The average Bonchev–Trinajstić information content (AvgIpc) is 2.61. The number of hydrogen-bond acceptors (Lipinski definition) is 5.